The van der Waals surface area contributed by atoms with E-state index in [0.717, 1.165) is 0 Å². The molecule has 0 unspecified atom stereocenters. The van der Waals surface area contributed by atoms with Crippen LogP contribution < -0.4 is 5.73 Å². The fourth-order valence-electron chi connectivity index (χ4n) is 0.813. The van der Waals surface area contributed by atoms with Gasteiger partial charge >= 0.3 is 0 Å². The Morgan fingerprint density at radius 1 is 1.36 bits per heavy atom. The molecule has 2 rings (SSSR count). The molecule has 0 radical (unpaired) electrons. The zero-order valence-corrected chi connectivity index (χ0v) is 5.35. The first-order valence-corrected chi connectivity index (χ1v) is 2.86. The van der Waals surface area contributed by atoms with Crippen LogP contribution in [0.15, 0.2) is 43.7 Å². The van der Waals surface area contributed by atoms with Gasteiger partial charge in [0.05, 0.1) is 6.20 Å². The summed E-state index contributed by atoms with van der Waals surface area (Å²) in [5.74, 6) is -0.631. The summed E-state index contributed by atoms with van der Waals surface area (Å²) < 4.78 is 0. The lowest BCUT2D eigenvalue weighted by atomic mass is 10.3. The van der Waals surface area contributed by atoms with E-state index in [-0.39, 0.29) is 5.70 Å². The van der Waals surface area contributed by atoms with E-state index in [2.05, 4.69) is 20.5 Å². The number of nitrogens with zero attached hydrogens (tertiary/aromatic N) is 4. The average Bonchev–Trinajstić information content (AvgIpc) is 2.41. The summed E-state index contributed by atoms with van der Waals surface area (Å²) in [6, 6.07) is 0. The third-order valence-electron chi connectivity index (χ3n) is 1.30. The van der Waals surface area contributed by atoms with Crippen LogP contribution in [0.5, 0.6) is 0 Å². The molecular formula is C5H3N5O. The monoisotopic (exact) mass is 149 g/mol. The van der Waals surface area contributed by atoms with Crippen LogP contribution >= 0.6 is 0 Å². The van der Waals surface area contributed by atoms with E-state index in [9.17, 15) is 4.79 Å². The van der Waals surface area contributed by atoms with Crippen molar-refractivity contribution in [2.45, 2.75) is 0 Å². The molecule has 2 aliphatic rings. The molecule has 6 nitrogen and oxygen atoms in total. The second-order valence-corrected chi connectivity index (χ2v) is 1.99. The van der Waals surface area contributed by atoms with E-state index >= 15 is 0 Å². The van der Waals surface area contributed by atoms with Gasteiger partial charge in [0.25, 0.3) is 5.91 Å². The Morgan fingerprint density at radius 2 is 2.18 bits per heavy atom. The van der Waals surface area contributed by atoms with Crippen molar-refractivity contribution in [1.29, 1.82) is 0 Å². The second kappa shape index (κ2) is 1.82. The lowest BCUT2D eigenvalue weighted by Crippen LogP contribution is -2.12. The Balaban J connectivity index is 2.55. The van der Waals surface area contributed by atoms with E-state index in [0.29, 0.717) is 11.4 Å². The molecule has 54 valence electrons. The number of azo groups is 2. The van der Waals surface area contributed by atoms with Gasteiger partial charge in [-0.15, -0.1) is 15.3 Å². The van der Waals surface area contributed by atoms with Crippen LogP contribution in [0.25, 0.3) is 0 Å². The molecule has 6 heteroatoms. The Morgan fingerprint density at radius 3 is 2.91 bits per heavy atom. The van der Waals surface area contributed by atoms with Crippen molar-refractivity contribution in [2.24, 2.45) is 26.2 Å². The number of amides is 1. The van der Waals surface area contributed by atoms with Crippen molar-refractivity contribution in [2.75, 3.05) is 0 Å². The largest absolute Gasteiger partial charge is 0.364 e. The highest BCUT2D eigenvalue weighted by Gasteiger charge is 2.24. The molecule has 2 heterocycles. The molecule has 1 amide bonds. The molecule has 0 aromatic rings. The summed E-state index contributed by atoms with van der Waals surface area (Å²) in [6.07, 6.45) is 1.43. The van der Waals surface area contributed by atoms with Crippen molar-refractivity contribution >= 4 is 5.91 Å². The van der Waals surface area contributed by atoms with Gasteiger partial charge in [-0.25, -0.2) is 0 Å². The van der Waals surface area contributed by atoms with Gasteiger partial charge in [0.2, 0.25) is 0 Å². The molecule has 2 N–H and O–H groups in total. The minimum atomic E-state index is -0.631. The van der Waals surface area contributed by atoms with Crippen molar-refractivity contribution in [1.82, 2.24) is 0 Å². The predicted octanol–water partition coefficient (Wildman–Crippen LogP) is 0.456. The van der Waals surface area contributed by atoms with Crippen LogP contribution in [0.4, 0.5) is 0 Å². The second-order valence-electron chi connectivity index (χ2n) is 1.99. The lowest BCUT2D eigenvalue weighted by molar-refractivity contribution is -0.114. The van der Waals surface area contributed by atoms with Crippen LogP contribution in [0.2, 0.25) is 0 Å². The Labute approximate surface area is 61.2 Å². The topological polar surface area (TPSA) is 92.5 Å². The van der Waals surface area contributed by atoms with E-state index in [1.165, 1.54) is 6.20 Å². The molecule has 2 aliphatic heterocycles. The van der Waals surface area contributed by atoms with Crippen molar-refractivity contribution in [3.05, 3.63) is 23.3 Å². The van der Waals surface area contributed by atoms with Gasteiger partial charge in [0.15, 0.2) is 5.70 Å². The maximum absolute atomic E-state index is 10.6. The molecule has 0 fully saturated rings. The number of carbonyl (C=O) groups excluding carboxylic acids is 1. The molecule has 0 aromatic heterocycles. The van der Waals surface area contributed by atoms with Gasteiger partial charge < -0.3 is 5.73 Å². The lowest BCUT2D eigenvalue weighted by Gasteiger charge is -1.87. The maximum Gasteiger partial charge on any atom is 0.271 e. The fourth-order valence-corrected chi connectivity index (χ4v) is 0.813. The number of nitrogens with two attached hydrogens (primary N) is 1. The number of carbonyl (C=O) groups is 1. The summed E-state index contributed by atoms with van der Waals surface area (Å²) in [5, 5.41) is 14.3. The first kappa shape index (κ1) is 5.90. The van der Waals surface area contributed by atoms with Gasteiger partial charge in [-0.3, -0.25) is 4.79 Å². The molecule has 0 aromatic carbocycles. The van der Waals surface area contributed by atoms with Crippen molar-refractivity contribution < 1.29 is 4.79 Å². The minimum absolute atomic E-state index is 0.0810. The summed E-state index contributed by atoms with van der Waals surface area (Å²) in [5.41, 5.74) is 5.93. The molecule has 0 aliphatic carbocycles. The van der Waals surface area contributed by atoms with Gasteiger partial charge in [0.1, 0.15) is 11.4 Å². The van der Waals surface area contributed by atoms with Gasteiger partial charge in [0, 0.05) is 0 Å². The number of primary amides is 1. The molecule has 0 bridgehead atoms. The van der Waals surface area contributed by atoms with Gasteiger partial charge in [-0.05, 0) is 0 Å². The van der Waals surface area contributed by atoms with E-state index in [4.69, 9.17) is 5.73 Å². The first-order chi connectivity index (χ1) is 5.29. The number of fused-ring (bicyclic) bond motifs is 1. The molecule has 0 saturated heterocycles. The fraction of sp³-hybridized carbons (Fsp3) is 0. The van der Waals surface area contributed by atoms with Crippen molar-refractivity contribution in [3.63, 3.8) is 0 Å². The standard InChI is InChI=1S/C5H3N5O/c6-5(11)4-3-2(8-10-4)1-7-9-3/h1H,(H2,6,11). The van der Waals surface area contributed by atoms with E-state index in [1.54, 1.807) is 0 Å². The third kappa shape index (κ3) is 0.689. The molecule has 11 heavy (non-hydrogen) atoms. The third-order valence-corrected chi connectivity index (χ3v) is 1.30. The van der Waals surface area contributed by atoms with Crippen LogP contribution in [0, 0.1) is 0 Å². The smallest absolute Gasteiger partial charge is 0.271 e. The molecule has 0 atom stereocenters. The van der Waals surface area contributed by atoms with Crippen LogP contribution in [0.3, 0.4) is 0 Å². The Kier molecular flexibility index (Phi) is 0.974. The zero-order chi connectivity index (χ0) is 7.84. The van der Waals surface area contributed by atoms with Gasteiger partial charge in [-0.2, -0.15) is 5.11 Å². The summed E-state index contributed by atoms with van der Waals surface area (Å²) in [6.45, 7) is 0. The zero-order valence-electron chi connectivity index (χ0n) is 5.35. The van der Waals surface area contributed by atoms with E-state index in [1.807, 2.05) is 0 Å². The Bertz CT molecular complexity index is 348. The predicted molar refractivity (Wildman–Crippen MR) is 34.0 cm³/mol. The normalized spacial score (nSPS) is 19.1. The number of hydrogen-bond donors (Lipinski definition) is 1. The summed E-state index contributed by atoms with van der Waals surface area (Å²) in [4.78, 5) is 10.6. The number of rotatable bonds is 1. The molecular weight excluding hydrogens is 146 g/mol. The molecule has 0 spiro atoms. The van der Waals surface area contributed by atoms with Crippen LogP contribution in [0.1, 0.15) is 0 Å². The summed E-state index contributed by atoms with van der Waals surface area (Å²) in [7, 11) is 0. The summed E-state index contributed by atoms with van der Waals surface area (Å²) >= 11 is 0. The minimum Gasteiger partial charge on any atom is -0.364 e. The van der Waals surface area contributed by atoms with Crippen LogP contribution in [-0.4, -0.2) is 5.91 Å². The number of hydrogen-bond acceptors (Lipinski definition) is 5. The average molecular weight is 149 g/mol. The first-order valence-electron chi connectivity index (χ1n) is 2.86. The van der Waals surface area contributed by atoms with Gasteiger partial charge in [-0.1, -0.05) is 0 Å². The van der Waals surface area contributed by atoms with E-state index < -0.39 is 5.91 Å². The van der Waals surface area contributed by atoms with Crippen LogP contribution in [-0.2, 0) is 4.79 Å². The van der Waals surface area contributed by atoms with Crippen molar-refractivity contribution in [3.8, 4) is 0 Å². The quantitative estimate of drug-likeness (QED) is 0.576. The highest BCUT2D eigenvalue weighted by molar-refractivity contribution is 5.93. The highest BCUT2D eigenvalue weighted by Crippen LogP contribution is 2.30. The SMILES string of the molecule is NC(=O)C1=C2N=NC=C2N=N1. The molecule has 0 saturated carbocycles. The maximum atomic E-state index is 10.6. The Hall–Kier alpha value is -1.85. The highest BCUT2D eigenvalue weighted by atomic mass is 16.1.